The molecule has 0 aliphatic rings. The molecule has 0 saturated carbocycles. The molecular weight excluding hydrogens is 421 g/mol. The van der Waals surface area contributed by atoms with Gasteiger partial charge in [0.25, 0.3) is 5.69 Å². The number of nitrogens with one attached hydrogen (secondary N) is 1. The van der Waals surface area contributed by atoms with Crippen molar-refractivity contribution in [3.63, 3.8) is 0 Å². The number of carbonyl (C=O) groups excluding carboxylic acids is 1. The number of benzene rings is 2. The molecule has 0 bridgehead atoms. The van der Waals surface area contributed by atoms with Gasteiger partial charge in [-0.25, -0.2) is 0 Å². The van der Waals surface area contributed by atoms with Crippen LogP contribution in [0.4, 0.5) is 24.5 Å². The number of halogens is 4. The van der Waals surface area contributed by atoms with Crippen LogP contribution in [0.2, 0.25) is 0 Å². The first-order chi connectivity index (χ1) is 12.2. The highest BCUT2D eigenvalue weighted by atomic mass is 79.9. The van der Waals surface area contributed by atoms with Gasteiger partial charge in [0.15, 0.2) is 0 Å². The average Bonchev–Trinajstić information content (AvgIpc) is 2.58. The lowest BCUT2D eigenvalue weighted by Crippen LogP contribution is -2.17. The number of rotatable bonds is 6. The molecule has 0 aliphatic carbocycles. The third kappa shape index (κ3) is 5.45. The van der Waals surface area contributed by atoms with Crippen LogP contribution in [0.5, 0.6) is 0 Å². The van der Waals surface area contributed by atoms with Crippen molar-refractivity contribution >= 4 is 33.3 Å². The third-order valence-corrected chi connectivity index (χ3v) is 3.79. The zero-order valence-electron chi connectivity index (χ0n) is 13.0. The molecule has 0 spiro atoms. The summed E-state index contributed by atoms with van der Waals surface area (Å²) in [5.41, 5.74) is -1.39. The van der Waals surface area contributed by atoms with Crippen molar-refractivity contribution in [3.8, 4) is 0 Å². The zero-order chi connectivity index (χ0) is 19.3. The molecule has 10 heteroatoms. The molecule has 0 aliphatic heterocycles. The number of ether oxygens (including phenoxy) is 1. The molecule has 0 unspecified atom stereocenters. The van der Waals surface area contributed by atoms with E-state index in [1.54, 1.807) is 24.3 Å². The Hall–Kier alpha value is -2.62. The maximum absolute atomic E-state index is 12.6. The van der Waals surface area contributed by atoms with Gasteiger partial charge in [0, 0.05) is 10.5 Å². The summed E-state index contributed by atoms with van der Waals surface area (Å²) >= 11 is 3.27. The van der Waals surface area contributed by atoms with Crippen LogP contribution in [-0.2, 0) is 22.3 Å². The fraction of sp³-hybridized carbons (Fsp3) is 0.188. The number of carbonyl (C=O) groups is 1. The molecule has 0 fully saturated rings. The zero-order valence-corrected chi connectivity index (χ0v) is 14.6. The number of nitro benzene ring substituents is 1. The van der Waals surface area contributed by atoms with Gasteiger partial charge in [-0.1, -0.05) is 28.1 Å². The number of anilines is 1. The molecule has 0 aromatic heterocycles. The number of alkyl halides is 3. The summed E-state index contributed by atoms with van der Waals surface area (Å²) in [5.74, 6) is -0.706. The lowest BCUT2D eigenvalue weighted by atomic mass is 10.1. The van der Waals surface area contributed by atoms with E-state index in [0.717, 1.165) is 16.1 Å². The van der Waals surface area contributed by atoms with E-state index in [-0.39, 0.29) is 12.3 Å². The van der Waals surface area contributed by atoms with Crippen molar-refractivity contribution in [2.24, 2.45) is 0 Å². The molecule has 0 radical (unpaired) electrons. The molecular formula is C16H12BrF3N2O4. The quantitative estimate of drug-likeness (QED) is 0.411. The predicted octanol–water partition coefficient (Wildman–Crippen LogP) is 4.53. The summed E-state index contributed by atoms with van der Waals surface area (Å²) in [6.45, 7) is -0.425. The van der Waals surface area contributed by atoms with Crippen molar-refractivity contribution in [1.82, 2.24) is 0 Å². The van der Waals surface area contributed by atoms with Gasteiger partial charge in [-0.05, 0) is 29.8 Å². The standard InChI is InChI=1S/C16H12BrF3N2O4/c17-12-4-1-10(2-5-12)9-26-15(23)8-21-13-6-3-11(16(18,19)20)7-14(13)22(24)25/h1-7,21H,8-9H2. The minimum absolute atomic E-state index is 0.00288. The Bertz CT molecular complexity index is 810. The molecule has 0 amide bonds. The minimum atomic E-state index is -4.70. The lowest BCUT2D eigenvalue weighted by molar-refractivity contribution is -0.384. The van der Waals surface area contributed by atoms with E-state index in [4.69, 9.17) is 4.74 Å². The summed E-state index contributed by atoms with van der Waals surface area (Å²) in [6.07, 6.45) is -4.70. The van der Waals surface area contributed by atoms with Gasteiger partial charge in [-0.15, -0.1) is 0 Å². The first-order valence-corrected chi connectivity index (χ1v) is 7.95. The molecule has 6 nitrogen and oxygen atoms in total. The Labute approximate surface area is 154 Å². The summed E-state index contributed by atoms with van der Waals surface area (Å²) in [4.78, 5) is 21.7. The monoisotopic (exact) mass is 432 g/mol. The van der Waals surface area contributed by atoms with Gasteiger partial charge in [-0.2, -0.15) is 13.2 Å². The van der Waals surface area contributed by atoms with Crippen molar-refractivity contribution in [2.75, 3.05) is 11.9 Å². The summed E-state index contributed by atoms with van der Waals surface area (Å²) < 4.78 is 43.8. The molecule has 0 atom stereocenters. The Morgan fingerprint density at radius 1 is 1.19 bits per heavy atom. The van der Waals surface area contributed by atoms with Gasteiger partial charge in [0.05, 0.1) is 10.5 Å². The minimum Gasteiger partial charge on any atom is -0.460 e. The van der Waals surface area contributed by atoms with Crippen LogP contribution in [0.1, 0.15) is 11.1 Å². The van der Waals surface area contributed by atoms with E-state index in [1.165, 1.54) is 0 Å². The fourth-order valence-electron chi connectivity index (χ4n) is 1.97. The smallest absolute Gasteiger partial charge is 0.416 e. The van der Waals surface area contributed by atoms with Crippen LogP contribution in [0.3, 0.4) is 0 Å². The fourth-order valence-corrected chi connectivity index (χ4v) is 2.24. The average molecular weight is 433 g/mol. The van der Waals surface area contributed by atoms with Gasteiger partial charge in [0.2, 0.25) is 0 Å². The topological polar surface area (TPSA) is 81.5 Å². The molecule has 1 N–H and O–H groups in total. The van der Waals surface area contributed by atoms with E-state index < -0.39 is 34.9 Å². The number of nitrogens with zero attached hydrogens (tertiary/aromatic N) is 1. The first-order valence-electron chi connectivity index (χ1n) is 7.16. The Kier molecular flexibility index (Phi) is 6.19. The number of esters is 1. The molecule has 2 rings (SSSR count). The summed E-state index contributed by atoms with van der Waals surface area (Å²) in [5, 5.41) is 13.4. The van der Waals surface area contributed by atoms with E-state index >= 15 is 0 Å². The van der Waals surface area contributed by atoms with Crippen molar-refractivity contribution in [3.05, 3.63) is 68.2 Å². The first kappa shape index (κ1) is 19.7. The number of hydrogen-bond donors (Lipinski definition) is 1. The van der Waals surface area contributed by atoms with Crippen LogP contribution < -0.4 is 5.32 Å². The van der Waals surface area contributed by atoms with Crippen molar-refractivity contribution in [1.29, 1.82) is 0 Å². The van der Waals surface area contributed by atoms with E-state index in [1.807, 2.05) is 0 Å². The number of nitro groups is 1. The van der Waals surface area contributed by atoms with Crippen LogP contribution in [0.15, 0.2) is 46.9 Å². The summed E-state index contributed by atoms with van der Waals surface area (Å²) in [7, 11) is 0. The molecule has 0 saturated heterocycles. The van der Waals surface area contributed by atoms with Crippen LogP contribution >= 0.6 is 15.9 Å². The van der Waals surface area contributed by atoms with Crippen molar-refractivity contribution in [2.45, 2.75) is 12.8 Å². The second-order valence-electron chi connectivity index (χ2n) is 5.13. The summed E-state index contributed by atoms with van der Waals surface area (Å²) in [6, 6.07) is 9.04. The SMILES string of the molecule is O=C(CNc1ccc(C(F)(F)F)cc1[N+](=O)[O-])OCc1ccc(Br)cc1. The normalized spacial score (nSPS) is 11.1. The Balaban J connectivity index is 1.98. The number of hydrogen-bond acceptors (Lipinski definition) is 5. The lowest BCUT2D eigenvalue weighted by Gasteiger charge is -2.10. The maximum atomic E-state index is 12.6. The van der Waals surface area contributed by atoms with Gasteiger partial charge >= 0.3 is 12.1 Å². The predicted molar refractivity (Wildman–Crippen MR) is 90.5 cm³/mol. The molecule has 0 heterocycles. The van der Waals surface area contributed by atoms with Gasteiger partial charge < -0.3 is 10.1 Å². The second kappa shape index (κ2) is 8.17. The van der Waals surface area contributed by atoms with Crippen LogP contribution in [-0.4, -0.2) is 17.4 Å². The third-order valence-electron chi connectivity index (χ3n) is 3.26. The van der Waals surface area contributed by atoms with Crippen LogP contribution in [0, 0.1) is 10.1 Å². The van der Waals surface area contributed by atoms with E-state index in [9.17, 15) is 28.1 Å². The second-order valence-corrected chi connectivity index (χ2v) is 6.04. The molecule has 2 aromatic rings. The van der Waals surface area contributed by atoms with Gasteiger partial charge in [0.1, 0.15) is 18.8 Å². The van der Waals surface area contributed by atoms with Crippen molar-refractivity contribution < 1.29 is 27.6 Å². The Morgan fingerprint density at radius 3 is 2.42 bits per heavy atom. The highest BCUT2D eigenvalue weighted by molar-refractivity contribution is 9.10. The molecule has 26 heavy (non-hydrogen) atoms. The molecule has 2 aromatic carbocycles. The molecule has 138 valence electrons. The van der Waals surface area contributed by atoms with Gasteiger partial charge in [-0.3, -0.25) is 14.9 Å². The largest absolute Gasteiger partial charge is 0.460 e. The Morgan fingerprint density at radius 2 is 1.85 bits per heavy atom. The maximum Gasteiger partial charge on any atom is 0.416 e. The van der Waals surface area contributed by atoms with Crippen LogP contribution in [0.25, 0.3) is 0 Å². The van der Waals surface area contributed by atoms with E-state index in [2.05, 4.69) is 21.2 Å². The van der Waals surface area contributed by atoms with E-state index in [0.29, 0.717) is 12.1 Å². The highest BCUT2D eigenvalue weighted by Gasteiger charge is 2.33. The highest BCUT2D eigenvalue weighted by Crippen LogP contribution is 2.34.